The summed E-state index contributed by atoms with van der Waals surface area (Å²) in [5.74, 6) is -0.0867. The van der Waals surface area contributed by atoms with E-state index in [1.165, 1.54) is 34.1 Å². The van der Waals surface area contributed by atoms with E-state index in [2.05, 4.69) is 40.1 Å². The molecule has 1 aromatic heterocycles. The standard InChI is InChI=1S/C26H23N3OS/c30-25(19-9-2-1-3-10-19)28-26-23(22-12-6-7-13-24(22)31-26)17-27-29-21-15-14-18-8-4-5-11-20(18)16-21/h1-5,8-11,14-17,29H,6-7,12-13H2,(H,28,30). The molecule has 0 unspecified atom stereocenters. The number of hydrogen-bond acceptors (Lipinski definition) is 4. The Balaban J connectivity index is 1.40. The van der Waals surface area contributed by atoms with Gasteiger partial charge in [-0.15, -0.1) is 11.3 Å². The highest BCUT2D eigenvalue weighted by Crippen LogP contribution is 2.37. The number of aryl methyl sites for hydroxylation is 1. The smallest absolute Gasteiger partial charge is 0.256 e. The predicted molar refractivity (Wildman–Crippen MR) is 131 cm³/mol. The third-order valence-corrected chi connectivity index (χ3v) is 6.84. The number of hydrogen-bond donors (Lipinski definition) is 2. The minimum Gasteiger partial charge on any atom is -0.313 e. The lowest BCUT2D eigenvalue weighted by molar-refractivity contribution is 0.102. The maximum Gasteiger partial charge on any atom is 0.256 e. The van der Waals surface area contributed by atoms with Crippen LogP contribution in [0.3, 0.4) is 0 Å². The van der Waals surface area contributed by atoms with Crippen LogP contribution in [-0.2, 0) is 12.8 Å². The van der Waals surface area contributed by atoms with Gasteiger partial charge in [-0.3, -0.25) is 10.2 Å². The lowest BCUT2D eigenvalue weighted by Gasteiger charge is -2.11. The van der Waals surface area contributed by atoms with Gasteiger partial charge < -0.3 is 5.32 Å². The molecule has 1 amide bonds. The summed E-state index contributed by atoms with van der Waals surface area (Å²) in [6.45, 7) is 0. The fraction of sp³-hybridized carbons (Fsp3) is 0.154. The minimum atomic E-state index is -0.0867. The minimum absolute atomic E-state index is 0.0867. The topological polar surface area (TPSA) is 53.5 Å². The van der Waals surface area contributed by atoms with Crippen molar-refractivity contribution in [1.29, 1.82) is 0 Å². The Hall–Kier alpha value is -3.44. The van der Waals surface area contributed by atoms with Crippen molar-refractivity contribution in [2.24, 2.45) is 5.10 Å². The molecule has 0 radical (unpaired) electrons. The lowest BCUT2D eigenvalue weighted by atomic mass is 9.96. The van der Waals surface area contributed by atoms with Crippen LogP contribution in [0, 0.1) is 0 Å². The Bertz CT molecular complexity index is 1260. The second kappa shape index (κ2) is 8.74. The molecule has 5 rings (SSSR count). The van der Waals surface area contributed by atoms with Crippen LogP contribution in [0.1, 0.15) is 39.2 Å². The van der Waals surface area contributed by atoms with E-state index in [1.807, 2.05) is 54.7 Å². The Kier molecular flexibility index (Phi) is 5.50. The van der Waals surface area contributed by atoms with E-state index < -0.39 is 0 Å². The summed E-state index contributed by atoms with van der Waals surface area (Å²) >= 11 is 1.68. The summed E-state index contributed by atoms with van der Waals surface area (Å²) in [7, 11) is 0. The van der Waals surface area contributed by atoms with Crippen molar-refractivity contribution in [2.45, 2.75) is 25.7 Å². The number of nitrogens with zero attached hydrogens (tertiary/aromatic N) is 1. The zero-order valence-corrected chi connectivity index (χ0v) is 17.9. The molecule has 0 atom stereocenters. The molecule has 5 heteroatoms. The molecule has 0 bridgehead atoms. The van der Waals surface area contributed by atoms with Crippen molar-refractivity contribution in [3.8, 4) is 0 Å². The monoisotopic (exact) mass is 425 g/mol. The van der Waals surface area contributed by atoms with E-state index in [-0.39, 0.29) is 5.91 Å². The van der Waals surface area contributed by atoms with E-state index in [1.54, 1.807) is 11.3 Å². The van der Waals surface area contributed by atoms with E-state index >= 15 is 0 Å². The molecule has 0 spiro atoms. The quantitative estimate of drug-likeness (QED) is 0.284. The van der Waals surface area contributed by atoms with Crippen LogP contribution in [0.5, 0.6) is 0 Å². The van der Waals surface area contributed by atoms with Crippen LogP contribution in [-0.4, -0.2) is 12.1 Å². The Labute approximate surface area is 185 Å². The van der Waals surface area contributed by atoms with Crippen LogP contribution in [0.2, 0.25) is 0 Å². The van der Waals surface area contributed by atoms with Gasteiger partial charge in [-0.2, -0.15) is 5.10 Å². The van der Waals surface area contributed by atoms with Gasteiger partial charge in [-0.05, 0) is 66.3 Å². The van der Waals surface area contributed by atoms with Gasteiger partial charge in [0, 0.05) is 16.0 Å². The molecule has 1 aliphatic carbocycles. The van der Waals surface area contributed by atoms with Crippen molar-refractivity contribution in [2.75, 3.05) is 10.7 Å². The zero-order valence-electron chi connectivity index (χ0n) is 17.1. The van der Waals surface area contributed by atoms with Crippen LogP contribution in [0.25, 0.3) is 10.8 Å². The second-order valence-corrected chi connectivity index (χ2v) is 8.81. The summed E-state index contributed by atoms with van der Waals surface area (Å²) in [4.78, 5) is 14.1. The average molecular weight is 426 g/mol. The summed E-state index contributed by atoms with van der Waals surface area (Å²) < 4.78 is 0. The van der Waals surface area contributed by atoms with Gasteiger partial charge in [0.1, 0.15) is 5.00 Å². The number of fused-ring (bicyclic) bond motifs is 2. The van der Waals surface area contributed by atoms with Gasteiger partial charge in [0.05, 0.1) is 11.9 Å². The SMILES string of the molecule is O=C(Nc1sc2c(c1C=NNc1ccc3ccccc3c1)CCCC2)c1ccccc1. The summed E-state index contributed by atoms with van der Waals surface area (Å²) in [5.41, 5.74) is 7.10. The molecule has 0 fully saturated rings. The molecule has 1 heterocycles. The summed E-state index contributed by atoms with van der Waals surface area (Å²) in [6, 6.07) is 23.8. The molecular weight excluding hydrogens is 402 g/mol. The van der Waals surface area contributed by atoms with E-state index in [4.69, 9.17) is 0 Å². The molecule has 0 saturated carbocycles. The number of benzene rings is 3. The van der Waals surface area contributed by atoms with Gasteiger partial charge in [0.2, 0.25) is 0 Å². The van der Waals surface area contributed by atoms with Crippen LogP contribution >= 0.6 is 11.3 Å². The second-order valence-electron chi connectivity index (χ2n) is 7.71. The Morgan fingerprint density at radius 2 is 1.68 bits per heavy atom. The van der Waals surface area contributed by atoms with Gasteiger partial charge in [-0.25, -0.2) is 0 Å². The zero-order chi connectivity index (χ0) is 21.0. The number of thiophene rings is 1. The largest absolute Gasteiger partial charge is 0.313 e. The number of hydrazone groups is 1. The molecule has 3 aromatic carbocycles. The first-order chi connectivity index (χ1) is 15.3. The predicted octanol–water partition coefficient (Wildman–Crippen LogP) is 6.48. The third kappa shape index (κ3) is 4.23. The molecule has 0 aliphatic heterocycles. The Morgan fingerprint density at radius 3 is 2.55 bits per heavy atom. The molecule has 4 aromatic rings. The normalized spacial score (nSPS) is 13.3. The van der Waals surface area contributed by atoms with Crippen LogP contribution in [0.4, 0.5) is 10.7 Å². The Morgan fingerprint density at radius 1 is 0.903 bits per heavy atom. The van der Waals surface area contributed by atoms with E-state index in [9.17, 15) is 4.79 Å². The summed E-state index contributed by atoms with van der Waals surface area (Å²) in [5, 5.41) is 10.9. The maximum atomic E-state index is 12.7. The number of amides is 1. The van der Waals surface area contributed by atoms with Crippen molar-refractivity contribution in [1.82, 2.24) is 0 Å². The molecule has 0 saturated heterocycles. The van der Waals surface area contributed by atoms with E-state index in [0.717, 1.165) is 29.1 Å². The molecule has 4 nitrogen and oxygen atoms in total. The van der Waals surface area contributed by atoms with Gasteiger partial charge >= 0.3 is 0 Å². The highest BCUT2D eigenvalue weighted by molar-refractivity contribution is 7.17. The first-order valence-electron chi connectivity index (χ1n) is 10.6. The van der Waals surface area contributed by atoms with Gasteiger partial charge in [0.25, 0.3) is 5.91 Å². The lowest BCUT2D eigenvalue weighted by Crippen LogP contribution is -2.12. The molecule has 31 heavy (non-hydrogen) atoms. The first kappa shape index (κ1) is 19.5. The molecule has 154 valence electrons. The number of carbonyl (C=O) groups excluding carboxylic acids is 1. The number of nitrogens with one attached hydrogen (secondary N) is 2. The fourth-order valence-electron chi connectivity index (χ4n) is 4.01. The fourth-order valence-corrected chi connectivity index (χ4v) is 5.27. The first-order valence-corrected chi connectivity index (χ1v) is 11.4. The van der Waals surface area contributed by atoms with Crippen LogP contribution < -0.4 is 10.7 Å². The van der Waals surface area contributed by atoms with Crippen molar-refractivity contribution in [3.05, 3.63) is 94.4 Å². The van der Waals surface area contributed by atoms with Crippen molar-refractivity contribution < 1.29 is 4.79 Å². The van der Waals surface area contributed by atoms with Gasteiger partial charge in [0.15, 0.2) is 0 Å². The highest BCUT2D eigenvalue weighted by atomic mass is 32.1. The number of carbonyl (C=O) groups is 1. The molecule has 2 N–H and O–H groups in total. The van der Waals surface area contributed by atoms with E-state index in [0.29, 0.717) is 5.56 Å². The summed E-state index contributed by atoms with van der Waals surface area (Å²) in [6.07, 6.45) is 6.33. The van der Waals surface area contributed by atoms with Crippen molar-refractivity contribution >= 4 is 44.9 Å². The highest BCUT2D eigenvalue weighted by Gasteiger charge is 2.21. The van der Waals surface area contributed by atoms with Gasteiger partial charge in [-0.1, -0.05) is 48.5 Å². The molecular formula is C26H23N3OS. The van der Waals surface area contributed by atoms with Crippen molar-refractivity contribution in [3.63, 3.8) is 0 Å². The maximum absolute atomic E-state index is 12.7. The molecule has 1 aliphatic rings. The van der Waals surface area contributed by atoms with Crippen LogP contribution in [0.15, 0.2) is 77.9 Å². The number of anilines is 2. The number of rotatable bonds is 5. The third-order valence-electron chi connectivity index (χ3n) is 5.61. The average Bonchev–Trinajstić information content (AvgIpc) is 3.16.